The lowest BCUT2D eigenvalue weighted by Crippen LogP contribution is -2.41. The number of methoxy groups -OCH3 is 1. The SMILES string of the molecule is COc1ccc(CNC2CCN(Cc3ccccc3)CC2)cc1.Cl.Cl. The molecule has 3 rings (SSSR count). The average molecular weight is 383 g/mol. The molecule has 2 aromatic rings. The van der Waals surface area contributed by atoms with Gasteiger partial charge in [-0.2, -0.15) is 0 Å². The largest absolute Gasteiger partial charge is 0.497 e. The number of likely N-dealkylation sites (tertiary alicyclic amines) is 1. The van der Waals surface area contributed by atoms with Gasteiger partial charge in [0, 0.05) is 19.1 Å². The Labute approximate surface area is 163 Å². The number of ether oxygens (including phenoxy) is 1. The first-order chi connectivity index (χ1) is 11.3. The zero-order valence-corrected chi connectivity index (χ0v) is 16.3. The van der Waals surface area contributed by atoms with Crippen molar-refractivity contribution in [3.8, 4) is 5.75 Å². The number of nitrogens with one attached hydrogen (secondary N) is 1. The van der Waals surface area contributed by atoms with Gasteiger partial charge in [-0.3, -0.25) is 4.90 Å². The van der Waals surface area contributed by atoms with Crippen molar-refractivity contribution in [1.82, 2.24) is 10.2 Å². The Hall–Kier alpha value is -1.26. The van der Waals surface area contributed by atoms with Crippen LogP contribution < -0.4 is 10.1 Å². The lowest BCUT2D eigenvalue weighted by molar-refractivity contribution is 0.190. The van der Waals surface area contributed by atoms with Crippen LogP contribution in [-0.4, -0.2) is 31.1 Å². The summed E-state index contributed by atoms with van der Waals surface area (Å²) >= 11 is 0. The van der Waals surface area contributed by atoms with Gasteiger partial charge in [0.2, 0.25) is 0 Å². The normalized spacial score (nSPS) is 15.1. The summed E-state index contributed by atoms with van der Waals surface area (Å²) in [5, 5.41) is 3.69. The van der Waals surface area contributed by atoms with Crippen LogP contribution in [-0.2, 0) is 13.1 Å². The third kappa shape index (κ3) is 6.87. The lowest BCUT2D eigenvalue weighted by atomic mass is 10.0. The van der Waals surface area contributed by atoms with Crippen LogP contribution in [0.25, 0.3) is 0 Å². The Balaban J connectivity index is 0.00000156. The van der Waals surface area contributed by atoms with Crippen LogP contribution in [0.15, 0.2) is 54.6 Å². The average Bonchev–Trinajstić information content (AvgIpc) is 2.62. The van der Waals surface area contributed by atoms with E-state index in [9.17, 15) is 0 Å². The van der Waals surface area contributed by atoms with E-state index in [0.717, 1.165) is 18.8 Å². The van der Waals surface area contributed by atoms with E-state index in [1.165, 1.54) is 37.1 Å². The molecule has 2 aromatic carbocycles. The van der Waals surface area contributed by atoms with Gasteiger partial charge in [0.15, 0.2) is 0 Å². The van der Waals surface area contributed by atoms with Gasteiger partial charge in [0.05, 0.1) is 7.11 Å². The van der Waals surface area contributed by atoms with Gasteiger partial charge in [-0.15, -0.1) is 24.8 Å². The highest BCUT2D eigenvalue weighted by atomic mass is 35.5. The second-order valence-electron chi connectivity index (χ2n) is 6.26. The summed E-state index contributed by atoms with van der Waals surface area (Å²) in [5.74, 6) is 0.919. The molecule has 0 aromatic heterocycles. The van der Waals surface area contributed by atoms with E-state index in [4.69, 9.17) is 4.74 Å². The van der Waals surface area contributed by atoms with Crippen LogP contribution >= 0.6 is 24.8 Å². The van der Waals surface area contributed by atoms with Crippen LogP contribution in [0.1, 0.15) is 24.0 Å². The van der Waals surface area contributed by atoms with Crippen molar-refractivity contribution in [3.05, 3.63) is 65.7 Å². The number of hydrogen-bond acceptors (Lipinski definition) is 3. The molecule has 1 heterocycles. The fourth-order valence-electron chi connectivity index (χ4n) is 3.14. The van der Waals surface area contributed by atoms with Gasteiger partial charge in [0.1, 0.15) is 5.75 Å². The monoisotopic (exact) mass is 382 g/mol. The highest BCUT2D eigenvalue weighted by Crippen LogP contribution is 2.15. The van der Waals surface area contributed by atoms with Crippen molar-refractivity contribution in [3.63, 3.8) is 0 Å². The topological polar surface area (TPSA) is 24.5 Å². The van der Waals surface area contributed by atoms with Crippen LogP contribution in [0.3, 0.4) is 0 Å². The van der Waals surface area contributed by atoms with Gasteiger partial charge in [0.25, 0.3) is 0 Å². The quantitative estimate of drug-likeness (QED) is 0.805. The predicted molar refractivity (Wildman–Crippen MR) is 109 cm³/mol. The molecule has 1 N–H and O–H groups in total. The number of rotatable bonds is 6. The summed E-state index contributed by atoms with van der Waals surface area (Å²) in [6, 6.07) is 19.7. The number of nitrogens with zero attached hydrogens (tertiary/aromatic N) is 1. The summed E-state index contributed by atoms with van der Waals surface area (Å²) in [7, 11) is 1.70. The minimum Gasteiger partial charge on any atom is -0.497 e. The third-order valence-electron chi connectivity index (χ3n) is 4.59. The van der Waals surface area contributed by atoms with Crippen molar-refractivity contribution in [2.24, 2.45) is 0 Å². The molecule has 0 spiro atoms. The van der Waals surface area contributed by atoms with E-state index in [0.29, 0.717) is 6.04 Å². The van der Waals surface area contributed by atoms with Crippen molar-refractivity contribution in [1.29, 1.82) is 0 Å². The first-order valence-corrected chi connectivity index (χ1v) is 8.46. The lowest BCUT2D eigenvalue weighted by Gasteiger charge is -2.32. The Kier molecular flexibility index (Phi) is 9.91. The summed E-state index contributed by atoms with van der Waals surface area (Å²) in [5.41, 5.74) is 2.73. The first-order valence-electron chi connectivity index (χ1n) is 8.46. The van der Waals surface area contributed by atoms with Crippen molar-refractivity contribution in [2.45, 2.75) is 32.0 Å². The molecule has 5 heteroatoms. The van der Waals surface area contributed by atoms with E-state index in [-0.39, 0.29) is 24.8 Å². The van der Waals surface area contributed by atoms with Crippen LogP contribution in [0, 0.1) is 0 Å². The number of hydrogen-bond donors (Lipinski definition) is 1. The molecule has 0 saturated carbocycles. The molecule has 1 fully saturated rings. The van der Waals surface area contributed by atoms with Crippen molar-refractivity contribution in [2.75, 3.05) is 20.2 Å². The number of piperidine rings is 1. The van der Waals surface area contributed by atoms with Crippen LogP contribution in [0.4, 0.5) is 0 Å². The van der Waals surface area contributed by atoms with Crippen LogP contribution in [0.2, 0.25) is 0 Å². The molecular formula is C20H28Cl2N2O. The standard InChI is InChI=1S/C20H26N2O.2ClH/c1-23-20-9-7-17(8-10-20)15-21-19-11-13-22(14-12-19)16-18-5-3-2-4-6-18;;/h2-10,19,21H,11-16H2,1H3;2*1H. The first kappa shape index (κ1) is 21.8. The molecule has 0 radical (unpaired) electrons. The molecule has 1 aliphatic rings. The summed E-state index contributed by atoms with van der Waals surface area (Å²) < 4.78 is 5.20. The van der Waals surface area contributed by atoms with E-state index in [2.05, 4.69) is 52.7 Å². The molecule has 0 atom stereocenters. The minimum absolute atomic E-state index is 0. The Morgan fingerprint density at radius 3 is 2.16 bits per heavy atom. The van der Waals surface area contributed by atoms with Gasteiger partial charge in [-0.1, -0.05) is 42.5 Å². The molecular weight excluding hydrogens is 355 g/mol. The van der Waals surface area contributed by atoms with E-state index < -0.39 is 0 Å². The zero-order chi connectivity index (χ0) is 15.9. The summed E-state index contributed by atoms with van der Waals surface area (Å²) in [6.45, 7) is 4.36. The van der Waals surface area contributed by atoms with E-state index in [1.54, 1.807) is 7.11 Å². The molecule has 0 amide bonds. The zero-order valence-electron chi connectivity index (χ0n) is 14.7. The molecule has 0 bridgehead atoms. The van der Waals surface area contributed by atoms with E-state index >= 15 is 0 Å². The summed E-state index contributed by atoms with van der Waals surface area (Å²) in [4.78, 5) is 2.56. The molecule has 0 aliphatic carbocycles. The van der Waals surface area contributed by atoms with E-state index in [1.807, 2.05) is 12.1 Å². The van der Waals surface area contributed by atoms with Gasteiger partial charge >= 0.3 is 0 Å². The Morgan fingerprint density at radius 2 is 1.56 bits per heavy atom. The summed E-state index contributed by atoms with van der Waals surface area (Å²) in [6.07, 6.45) is 2.45. The number of halogens is 2. The second-order valence-corrected chi connectivity index (χ2v) is 6.26. The maximum absolute atomic E-state index is 5.20. The predicted octanol–water partition coefficient (Wildman–Crippen LogP) is 4.29. The molecule has 138 valence electrons. The maximum atomic E-state index is 5.20. The maximum Gasteiger partial charge on any atom is 0.118 e. The minimum atomic E-state index is 0. The van der Waals surface area contributed by atoms with Gasteiger partial charge in [-0.05, 0) is 49.2 Å². The fraction of sp³-hybridized carbons (Fsp3) is 0.400. The Bertz CT molecular complexity index is 584. The molecule has 3 nitrogen and oxygen atoms in total. The Morgan fingerprint density at radius 1 is 0.920 bits per heavy atom. The van der Waals surface area contributed by atoms with Crippen molar-refractivity contribution >= 4 is 24.8 Å². The number of benzene rings is 2. The smallest absolute Gasteiger partial charge is 0.118 e. The van der Waals surface area contributed by atoms with Crippen molar-refractivity contribution < 1.29 is 4.74 Å². The third-order valence-corrected chi connectivity index (χ3v) is 4.59. The van der Waals surface area contributed by atoms with Gasteiger partial charge in [-0.25, -0.2) is 0 Å². The molecule has 0 unspecified atom stereocenters. The second kappa shape index (κ2) is 11.4. The molecule has 25 heavy (non-hydrogen) atoms. The molecule has 1 aliphatic heterocycles. The van der Waals surface area contributed by atoms with Crippen LogP contribution in [0.5, 0.6) is 5.75 Å². The van der Waals surface area contributed by atoms with Gasteiger partial charge < -0.3 is 10.1 Å². The highest BCUT2D eigenvalue weighted by Gasteiger charge is 2.18. The fourth-order valence-corrected chi connectivity index (χ4v) is 3.14. The highest BCUT2D eigenvalue weighted by molar-refractivity contribution is 5.85. The molecule has 1 saturated heterocycles.